The third kappa shape index (κ3) is 12.1. The Hall–Kier alpha value is -0.120. The summed E-state index contributed by atoms with van der Waals surface area (Å²) in [6.07, 6.45) is 4.84. The highest BCUT2D eigenvalue weighted by Crippen LogP contribution is 2.10. The van der Waals surface area contributed by atoms with Crippen molar-refractivity contribution in [2.75, 3.05) is 40.4 Å². The number of unbranched alkanes of at least 4 members (excludes halogenated alkanes) is 1. The molecule has 0 aromatic rings. The van der Waals surface area contributed by atoms with Crippen LogP contribution in [0.25, 0.3) is 0 Å². The first kappa shape index (κ1) is 16.9. The maximum atomic E-state index is 5.55. The van der Waals surface area contributed by atoms with Gasteiger partial charge in [-0.3, -0.25) is 0 Å². The van der Waals surface area contributed by atoms with E-state index >= 15 is 0 Å². The second-order valence-corrected chi connectivity index (χ2v) is 5.68. The summed E-state index contributed by atoms with van der Waals surface area (Å²) >= 11 is 0. The summed E-state index contributed by atoms with van der Waals surface area (Å²) in [4.78, 5) is 2.15. The Balaban J connectivity index is 3.23. The molecule has 0 amide bonds. The Morgan fingerprint density at radius 3 is 2.41 bits per heavy atom. The normalized spacial score (nSPS) is 12.4. The van der Waals surface area contributed by atoms with E-state index in [4.69, 9.17) is 4.74 Å². The van der Waals surface area contributed by atoms with Crippen molar-refractivity contribution in [1.29, 1.82) is 0 Å². The molecule has 0 aliphatic rings. The number of hydrogen-bond donors (Lipinski definition) is 1. The Bertz CT molecular complexity index is 170. The minimum atomic E-state index is 0.292. The van der Waals surface area contributed by atoms with Crippen LogP contribution >= 0.6 is 0 Å². The Labute approximate surface area is 108 Å². The number of ether oxygens (including phenoxy) is 1. The molecule has 0 rings (SSSR count). The molecule has 0 radical (unpaired) electrons. The number of nitrogens with zero attached hydrogens (tertiary/aromatic N) is 1. The highest BCUT2D eigenvalue weighted by Gasteiger charge is 2.14. The molecule has 17 heavy (non-hydrogen) atoms. The molecular formula is C14H32N2O. The van der Waals surface area contributed by atoms with Crippen LogP contribution in [0.5, 0.6) is 0 Å². The summed E-state index contributed by atoms with van der Waals surface area (Å²) in [5.74, 6) is 0. The van der Waals surface area contributed by atoms with Gasteiger partial charge < -0.3 is 15.0 Å². The van der Waals surface area contributed by atoms with Crippen LogP contribution in [-0.2, 0) is 4.74 Å². The third-order valence-electron chi connectivity index (χ3n) is 2.88. The van der Waals surface area contributed by atoms with Gasteiger partial charge in [-0.25, -0.2) is 0 Å². The van der Waals surface area contributed by atoms with Crippen LogP contribution in [0.2, 0.25) is 0 Å². The monoisotopic (exact) mass is 244 g/mol. The molecule has 0 atom stereocenters. The molecule has 0 fully saturated rings. The number of rotatable bonds is 11. The van der Waals surface area contributed by atoms with E-state index in [1.54, 1.807) is 0 Å². The lowest BCUT2D eigenvalue weighted by Gasteiger charge is -2.25. The van der Waals surface area contributed by atoms with Gasteiger partial charge in [0.25, 0.3) is 0 Å². The highest BCUT2D eigenvalue weighted by atomic mass is 16.5. The van der Waals surface area contributed by atoms with Gasteiger partial charge in [-0.1, -0.05) is 13.3 Å². The summed E-state index contributed by atoms with van der Waals surface area (Å²) in [6.45, 7) is 10.7. The molecule has 0 heterocycles. The van der Waals surface area contributed by atoms with Crippen LogP contribution in [0.1, 0.15) is 46.5 Å². The molecule has 0 bridgehead atoms. The van der Waals surface area contributed by atoms with Crippen LogP contribution in [-0.4, -0.2) is 50.8 Å². The first-order valence-corrected chi connectivity index (χ1v) is 6.95. The maximum Gasteiger partial charge on any atom is 0.0593 e. The predicted octanol–water partition coefficient (Wildman–Crippen LogP) is 2.51. The average Bonchev–Trinajstić information content (AvgIpc) is 2.21. The molecule has 0 saturated carbocycles. The zero-order valence-corrected chi connectivity index (χ0v) is 12.5. The van der Waals surface area contributed by atoms with Gasteiger partial charge in [0.2, 0.25) is 0 Å². The topological polar surface area (TPSA) is 24.5 Å². The molecule has 0 spiro atoms. The van der Waals surface area contributed by atoms with Crippen LogP contribution in [0.15, 0.2) is 0 Å². The number of likely N-dealkylation sites (N-methyl/N-ethyl adjacent to an activating group) is 1. The minimum Gasteiger partial charge on any atom is -0.380 e. The summed E-state index contributed by atoms with van der Waals surface area (Å²) in [6, 6.07) is 0. The van der Waals surface area contributed by atoms with Crippen LogP contribution in [0.4, 0.5) is 0 Å². The van der Waals surface area contributed by atoms with E-state index < -0.39 is 0 Å². The molecule has 0 aliphatic heterocycles. The first-order chi connectivity index (χ1) is 7.98. The van der Waals surface area contributed by atoms with Crippen LogP contribution in [0.3, 0.4) is 0 Å². The van der Waals surface area contributed by atoms with E-state index in [1.807, 2.05) is 0 Å². The molecule has 104 valence electrons. The maximum absolute atomic E-state index is 5.55. The average molecular weight is 244 g/mol. The third-order valence-corrected chi connectivity index (χ3v) is 2.88. The molecule has 0 aliphatic carbocycles. The number of nitrogens with one attached hydrogen (secondary N) is 1. The Kier molecular flexibility index (Phi) is 9.79. The van der Waals surface area contributed by atoms with Gasteiger partial charge in [0.05, 0.1) is 6.61 Å². The van der Waals surface area contributed by atoms with Crippen molar-refractivity contribution in [3.05, 3.63) is 0 Å². The van der Waals surface area contributed by atoms with E-state index in [2.05, 4.69) is 45.1 Å². The molecule has 0 saturated heterocycles. The molecule has 1 N–H and O–H groups in total. The van der Waals surface area contributed by atoms with E-state index in [1.165, 1.54) is 19.3 Å². The molecule has 0 unspecified atom stereocenters. The fourth-order valence-electron chi connectivity index (χ4n) is 1.82. The van der Waals surface area contributed by atoms with Crippen molar-refractivity contribution in [2.45, 2.75) is 52.0 Å². The SMILES string of the molecule is CCCC(C)(C)NCCCCOCCN(C)C. The largest absolute Gasteiger partial charge is 0.380 e. The highest BCUT2D eigenvalue weighted by molar-refractivity contribution is 4.76. The van der Waals surface area contributed by atoms with Crippen molar-refractivity contribution < 1.29 is 4.74 Å². The second kappa shape index (κ2) is 9.86. The zero-order valence-electron chi connectivity index (χ0n) is 12.5. The van der Waals surface area contributed by atoms with E-state index in [-0.39, 0.29) is 0 Å². The lowest BCUT2D eigenvalue weighted by Crippen LogP contribution is -2.39. The molecule has 0 aromatic carbocycles. The van der Waals surface area contributed by atoms with Crippen molar-refractivity contribution >= 4 is 0 Å². The summed E-state index contributed by atoms with van der Waals surface area (Å²) < 4.78 is 5.55. The lowest BCUT2D eigenvalue weighted by molar-refractivity contribution is 0.114. The van der Waals surface area contributed by atoms with Crippen molar-refractivity contribution in [3.8, 4) is 0 Å². The quantitative estimate of drug-likeness (QED) is 0.565. The molecular weight excluding hydrogens is 212 g/mol. The van der Waals surface area contributed by atoms with Crippen molar-refractivity contribution in [2.24, 2.45) is 0 Å². The van der Waals surface area contributed by atoms with Gasteiger partial charge in [-0.05, 0) is 53.8 Å². The molecule has 3 heteroatoms. The predicted molar refractivity (Wildman–Crippen MR) is 75.6 cm³/mol. The van der Waals surface area contributed by atoms with Crippen molar-refractivity contribution in [3.63, 3.8) is 0 Å². The Morgan fingerprint density at radius 2 is 1.82 bits per heavy atom. The van der Waals surface area contributed by atoms with Gasteiger partial charge in [-0.2, -0.15) is 0 Å². The fourth-order valence-corrected chi connectivity index (χ4v) is 1.82. The summed E-state index contributed by atoms with van der Waals surface area (Å²) in [5, 5.41) is 3.61. The first-order valence-electron chi connectivity index (χ1n) is 6.95. The minimum absolute atomic E-state index is 0.292. The van der Waals surface area contributed by atoms with Crippen LogP contribution in [0, 0.1) is 0 Å². The zero-order chi connectivity index (χ0) is 13.1. The summed E-state index contributed by atoms with van der Waals surface area (Å²) in [7, 11) is 4.15. The van der Waals surface area contributed by atoms with Gasteiger partial charge >= 0.3 is 0 Å². The van der Waals surface area contributed by atoms with Crippen LogP contribution < -0.4 is 5.32 Å². The lowest BCUT2D eigenvalue weighted by atomic mass is 9.99. The van der Waals surface area contributed by atoms with Gasteiger partial charge in [0.15, 0.2) is 0 Å². The standard InChI is InChI=1S/C14H32N2O/c1-6-9-14(2,3)15-10-7-8-12-17-13-11-16(4)5/h15H,6-13H2,1-5H3. The van der Waals surface area contributed by atoms with Gasteiger partial charge in [-0.15, -0.1) is 0 Å². The van der Waals surface area contributed by atoms with E-state index in [9.17, 15) is 0 Å². The smallest absolute Gasteiger partial charge is 0.0593 e. The van der Waals surface area contributed by atoms with Crippen molar-refractivity contribution in [1.82, 2.24) is 10.2 Å². The van der Waals surface area contributed by atoms with E-state index in [0.717, 1.165) is 32.7 Å². The Morgan fingerprint density at radius 1 is 1.12 bits per heavy atom. The summed E-state index contributed by atoms with van der Waals surface area (Å²) in [5.41, 5.74) is 0.292. The number of hydrogen-bond acceptors (Lipinski definition) is 3. The fraction of sp³-hybridized carbons (Fsp3) is 1.00. The van der Waals surface area contributed by atoms with Gasteiger partial charge in [0, 0.05) is 18.7 Å². The van der Waals surface area contributed by atoms with Gasteiger partial charge in [0.1, 0.15) is 0 Å². The molecule has 3 nitrogen and oxygen atoms in total. The molecule has 0 aromatic heterocycles. The van der Waals surface area contributed by atoms with E-state index in [0.29, 0.717) is 5.54 Å². The second-order valence-electron chi connectivity index (χ2n) is 5.68.